The molecule has 0 radical (unpaired) electrons. The van der Waals surface area contributed by atoms with Crippen molar-refractivity contribution in [2.24, 2.45) is 10.7 Å². The Morgan fingerprint density at radius 3 is 2.31 bits per heavy atom. The Kier molecular flexibility index (Phi) is 6.67. The van der Waals surface area contributed by atoms with Gasteiger partial charge in [0.05, 0.1) is 0 Å². The van der Waals surface area contributed by atoms with Crippen LogP contribution in [-0.2, 0) is 0 Å². The van der Waals surface area contributed by atoms with E-state index in [2.05, 4.69) is 58.4 Å². The number of nitrogens with two attached hydrogens (primary N) is 1. The van der Waals surface area contributed by atoms with E-state index in [0.29, 0.717) is 5.96 Å². The first-order chi connectivity index (χ1) is 12.7. The van der Waals surface area contributed by atoms with Crippen molar-refractivity contribution in [1.29, 1.82) is 0 Å². The topological polar surface area (TPSA) is 44.9 Å². The summed E-state index contributed by atoms with van der Waals surface area (Å²) in [7, 11) is 1.97. The predicted octanol–water partition coefficient (Wildman–Crippen LogP) is 3.98. The maximum atomic E-state index is 6.17. The Balaban J connectivity index is 1.48. The molecule has 1 fully saturated rings. The summed E-state index contributed by atoms with van der Waals surface area (Å²) < 4.78 is 0. The van der Waals surface area contributed by atoms with Gasteiger partial charge in [-0.1, -0.05) is 42.5 Å². The third-order valence-electron chi connectivity index (χ3n) is 5.06. The molecule has 0 aliphatic carbocycles. The Bertz CT molecular complexity index is 688. The lowest BCUT2D eigenvalue weighted by molar-refractivity contribution is 0.331. The van der Waals surface area contributed by atoms with Crippen LogP contribution < -0.4 is 10.6 Å². The summed E-state index contributed by atoms with van der Waals surface area (Å²) in [6.07, 6.45) is 5.02. The number of guanidine groups is 1. The largest absolute Gasteiger partial charge is 0.370 e. The van der Waals surface area contributed by atoms with Gasteiger partial charge in [-0.3, -0.25) is 4.99 Å². The third-order valence-corrected chi connectivity index (χ3v) is 5.06. The monoisotopic (exact) mass is 350 g/mol. The summed E-state index contributed by atoms with van der Waals surface area (Å²) in [5, 5.41) is 0. The zero-order valence-corrected chi connectivity index (χ0v) is 15.8. The quantitative estimate of drug-likeness (QED) is 0.467. The molecule has 0 atom stereocenters. The standard InChI is InChI=1S/C22H30N4/c1-25(22(23)24-15-5-6-16-26-17-7-8-18-26)21-13-11-20(12-14-21)19-9-3-2-4-10-19/h2-4,9-14H,5-8,15-18H2,1H3,(H2,23,24). The summed E-state index contributed by atoms with van der Waals surface area (Å²) >= 11 is 0. The Morgan fingerprint density at radius 2 is 1.62 bits per heavy atom. The van der Waals surface area contributed by atoms with Gasteiger partial charge in [-0.15, -0.1) is 0 Å². The maximum Gasteiger partial charge on any atom is 0.195 e. The molecular weight excluding hydrogens is 320 g/mol. The van der Waals surface area contributed by atoms with Crippen LogP contribution in [0.25, 0.3) is 11.1 Å². The van der Waals surface area contributed by atoms with Crippen LogP contribution in [0.4, 0.5) is 5.69 Å². The molecule has 0 unspecified atom stereocenters. The summed E-state index contributed by atoms with van der Waals surface area (Å²) in [5.74, 6) is 0.582. The molecule has 4 nitrogen and oxygen atoms in total. The molecule has 0 bridgehead atoms. The second kappa shape index (κ2) is 9.39. The van der Waals surface area contributed by atoms with Gasteiger partial charge in [0.2, 0.25) is 0 Å². The van der Waals surface area contributed by atoms with Crippen molar-refractivity contribution in [3.05, 3.63) is 54.6 Å². The van der Waals surface area contributed by atoms with Crippen LogP contribution in [0.15, 0.2) is 59.6 Å². The Morgan fingerprint density at radius 1 is 0.962 bits per heavy atom. The van der Waals surface area contributed by atoms with Crippen LogP contribution in [0.1, 0.15) is 25.7 Å². The van der Waals surface area contributed by atoms with Crippen LogP contribution in [0.2, 0.25) is 0 Å². The fraction of sp³-hybridized carbons (Fsp3) is 0.409. The molecule has 2 aromatic carbocycles. The molecule has 1 aliphatic heterocycles. The fourth-order valence-corrected chi connectivity index (χ4v) is 3.39. The van der Waals surface area contributed by atoms with Crippen molar-refractivity contribution in [2.45, 2.75) is 25.7 Å². The van der Waals surface area contributed by atoms with Crippen molar-refractivity contribution in [2.75, 3.05) is 38.1 Å². The van der Waals surface area contributed by atoms with E-state index in [1.54, 1.807) is 0 Å². The van der Waals surface area contributed by atoms with Crippen molar-refractivity contribution in [3.63, 3.8) is 0 Å². The fourth-order valence-electron chi connectivity index (χ4n) is 3.39. The molecule has 2 N–H and O–H groups in total. The van der Waals surface area contributed by atoms with Crippen LogP contribution >= 0.6 is 0 Å². The average molecular weight is 351 g/mol. The zero-order valence-electron chi connectivity index (χ0n) is 15.8. The molecule has 26 heavy (non-hydrogen) atoms. The Hall–Kier alpha value is -2.33. The molecule has 0 saturated carbocycles. The van der Waals surface area contributed by atoms with E-state index in [0.717, 1.165) is 18.7 Å². The van der Waals surface area contributed by atoms with Crippen LogP contribution in [0.3, 0.4) is 0 Å². The normalized spacial score (nSPS) is 15.3. The summed E-state index contributed by atoms with van der Waals surface area (Å²) in [4.78, 5) is 9.05. The van der Waals surface area contributed by atoms with E-state index in [1.165, 1.54) is 50.0 Å². The van der Waals surface area contributed by atoms with E-state index in [4.69, 9.17) is 5.73 Å². The number of nitrogens with zero attached hydrogens (tertiary/aromatic N) is 3. The first kappa shape index (κ1) is 18.5. The third kappa shape index (κ3) is 5.09. The molecule has 2 aromatic rings. The van der Waals surface area contributed by atoms with Crippen LogP contribution in [0.5, 0.6) is 0 Å². The van der Waals surface area contributed by atoms with Crippen LogP contribution in [0, 0.1) is 0 Å². The number of unbranched alkanes of at least 4 members (excludes halogenated alkanes) is 1. The number of hydrogen-bond acceptors (Lipinski definition) is 2. The van der Waals surface area contributed by atoms with Gasteiger partial charge in [0.1, 0.15) is 0 Å². The van der Waals surface area contributed by atoms with Gasteiger partial charge in [-0.2, -0.15) is 0 Å². The number of benzene rings is 2. The smallest absolute Gasteiger partial charge is 0.195 e. The average Bonchev–Trinajstić information content (AvgIpc) is 3.21. The first-order valence-electron chi connectivity index (χ1n) is 9.65. The molecule has 0 amide bonds. The van der Waals surface area contributed by atoms with Gasteiger partial charge in [0.25, 0.3) is 0 Å². The number of hydrogen-bond donors (Lipinski definition) is 1. The van der Waals surface area contributed by atoms with E-state index >= 15 is 0 Å². The van der Waals surface area contributed by atoms with E-state index in [1.807, 2.05) is 18.0 Å². The molecule has 1 aliphatic rings. The second-order valence-electron chi connectivity index (χ2n) is 6.97. The van der Waals surface area contributed by atoms with Crippen molar-refractivity contribution < 1.29 is 0 Å². The molecule has 3 rings (SSSR count). The molecule has 0 aromatic heterocycles. The minimum Gasteiger partial charge on any atom is -0.370 e. The van der Waals surface area contributed by atoms with E-state index in [9.17, 15) is 0 Å². The predicted molar refractivity (Wildman–Crippen MR) is 112 cm³/mol. The zero-order chi connectivity index (χ0) is 18.2. The number of likely N-dealkylation sites (tertiary alicyclic amines) is 1. The first-order valence-corrected chi connectivity index (χ1v) is 9.65. The number of anilines is 1. The molecule has 138 valence electrons. The summed E-state index contributed by atoms with van der Waals surface area (Å²) in [5.41, 5.74) is 9.66. The van der Waals surface area contributed by atoms with Gasteiger partial charge in [0.15, 0.2) is 5.96 Å². The van der Waals surface area contributed by atoms with Gasteiger partial charge in [0, 0.05) is 19.3 Å². The summed E-state index contributed by atoms with van der Waals surface area (Å²) in [6.45, 7) is 4.54. The van der Waals surface area contributed by atoms with Gasteiger partial charge in [-0.25, -0.2) is 0 Å². The van der Waals surface area contributed by atoms with Crippen molar-refractivity contribution in [1.82, 2.24) is 4.90 Å². The number of rotatable bonds is 7. The maximum absolute atomic E-state index is 6.17. The van der Waals surface area contributed by atoms with Crippen molar-refractivity contribution in [3.8, 4) is 11.1 Å². The molecular formula is C22H30N4. The molecule has 1 heterocycles. The minimum absolute atomic E-state index is 0.582. The molecule has 0 spiro atoms. The van der Waals surface area contributed by atoms with Gasteiger partial charge in [-0.05, 0) is 68.6 Å². The highest BCUT2D eigenvalue weighted by molar-refractivity contribution is 5.94. The SMILES string of the molecule is CN(C(N)=NCCCCN1CCCC1)c1ccc(-c2ccccc2)cc1. The summed E-state index contributed by atoms with van der Waals surface area (Å²) in [6, 6.07) is 18.8. The highest BCUT2D eigenvalue weighted by atomic mass is 15.2. The van der Waals surface area contributed by atoms with E-state index in [-0.39, 0.29) is 0 Å². The second-order valence-corrected chi connectivity index (χ2v) is 6.97. The number of aliphatic imine (C=N–C) groups is 1. The van der Waals surface area contributed by atoms with Crippen molar-refractivity contribution >= 4 is 11.6 Å². The highest BCUT2D eigenvalue weighted by Crippen LogP contribution is 2.22. The molecule has 1 saturated heterocycles. The highest BCUT2D eigenvalue weighted by Gasteiger charge is 2.10. The van der Waals surface area contributed by atoms with E-state index < -0.39 is 0 Å². The Labute approximate surface area is 157 Å². The lowest BCUT2D eigenvalue weighted by Crippen LogP contribution is -2.34. The van der Waals surface area contributed by atoms with Crippen LogP contribution in [-0.4, -0.2) is 44.1 Å². The minimum atomic E-state index is 0.582. The van der Waals surface area contributed by atoms with Gasteiger partial charge >= 0.3 is 0 Å². The lowest BCUT2D eigenvalue weighted by Gasteiger charge is -2.19. The molecule has 4 heteroatoms. The lowest BCUT2D eigenvalue weighted by atomic mass is 10.1. The van der Waals surface area contributed by atoms with Gasteiger partial charge < -0.3 is 15.5 Å².